The lowest BCUT2D eigenvalue weighted by Crippen LogP contribution is -2.32. The molecule has 0 heterocycles. The van der Waals surface area contributed by atoms with Crippen LogP contribution >= 0.6 is 0 Å². The first-order chi connectivity index (χ1) is 5.91. The van der Waals surface area contributed by atoms with Crippen LogP contribution in [0.3, 0.4) is 0 Å². The molecule has 1 aliphatic carbocycles. The number of carbonyl (C=O) groups is 1. The molecule has 2 nitrogen and oxygen atoms in total. The number of ether oxygens (including phenoxy) is 1. The minimum atomic E-state index is -0.0718. The standard InChI is InChI=1S/C11H20O2/c1-10(2)6-5-7-11(10,3)8-9(12)13-4/h5-8H2,1-4H3/t11-/m0/s1. The van der Waals surface area contributed by atoms with Crippen molar-refractivity contribution in [2.24, 2.45) is 10.8 Å². The number of carbonyl (C=O) groups excluding carboxylic acids is 1. The van der Waals surface area contributed by atoms with Crippen molar-refractivity contribution in [3.8, 4) is 0 Å². The molecule has 0 amide bonds. The molecule has 2 heteroatoms. The van der Waals surface area contributed by atoms with Gasteiger partial charge in [0.05, 0.1) is 13.5 Å². The highest BCUT2D eigenvalue weighted by Crippen LogP contribution is 2.54. The van der Waals surface area contributed by atoms with Crippen LogP contribution in [0.1, 0.15) is 46.5 Å². The molecule has 13 heavy (non-hydrogen) atoms. The summed E-state index contributed by atoms with van der Waals surface area (Å²) in [4.78, 5) is 11.2. The first-order valence-corrected chi connectivity index (χ1v) is 4.98. The zero-order valence-corrected chi connectivity index (χ0v) is 9.14. The van der Waals surface area contributed by atoms with Crippen LogP contribution < -0.4 is 0 Å². The first-order valence-electron chi connectivity index (χ1n) is 4.98. The maximum Gasteiger partial charge on any atom is 0.306 e. The summed E-state index contributed by atoms with van der Waals surface area (Å²) in [6.07, 6.45) is 4.17. The Kier molecular flexibility index (Phi) is 2.69. The van der Waals surface area contributed by atoms with Gasteiger partial charge in [-0.2, -0.15) is 0 Å². The first kappa shape index (κ1) is 10.6. The van der Waals surface area contributed by atoms with Crippen LogP contribution in [0, 0.1) is 10.8 Å². The Morgan fingerprint density at radius 2 is 1.92 bits per heavy atom. The van der Waals surface area contributed by atoms with Crippen LogP contribution in [-0.4, -0.2) is 13.1 Å². The van der Waals surface area contributed by atoms with Gasteiger partial charge in [-0.3, -0.25) is 4.79 Å². The number of hydrogen-bond acceptors (Lipinski definition) is 2. The van der Waals surface area contributed by atoms with Crippen molar-refractivity contribution in [2.75, 3.05) is 7.11 Å². The van der Waals surface area contributed by atoms with Gasteiger partial charge in [0.25, 0.3) is 0 Å². The van der Waals surface area contributed by atoms with E-state index in [-0.39, 0.29) is 16.8 Å². The van der Waals surface area contributed by atoms with Crippen LogP contribution in [0.4, 0.5) is 0 Å². The summed E-state index contributed by atoms with van der Waals surface area (Å²) in [7, 11) is 1.47. The third-order valence-corrected chi connectivity index (χ3v) is 3.93. The van der Waals surface area contributed by atoms with Gasteiger partial charge in [-0.05, 0) is 23.7 Å². The molecule has 0 aliphatic heterocycles. The van der Waals surface area contributed by atoms with E-state index in [1.165, 1.54) is 20.0 Å². The van der Waals surface area contributed by atoms with Gasteiger partial charge in [0.1, 0.15) is 0 Å². The van der Waals surface area contributed by atoms with Crippen LogP contribution in [-0.2, 0) is 9.53 Å². The molecule has 0 radical (unpaired) electrons. The summed E-state index contributed by atoms with van der Waals surface area (Å²) < 4.78 is 4.73. The summed E-state index contributed by atoms with van der Waals surface area (Å²) in [5.41, 5.74) is 0.418. The van der Waals surface area contributed by atoms with Crippen molar-refractivity contribution in [1.29, 1.82) is 0 Å². The molecule has 0 aromatic carbocycles. The molecule has 0 spiro atoms. The van der Waals surface area contributed by atoms with E-state index in [9.17, 15) is 4.79 Å². The molecule has 0 bridgehead atoms. The van der Waals surface area contributed by atoms with Gasteiger partial charge in [-0.1, -0.05) is 27.2 Å². The zero-order chi connectivity index (χ0) is 10.1. The molecule has 1 fully saturated rings. The monoisotopic (exact) mass is 184 g/mol. The fourth-order valence-corrected chi connectivity index (χ4v) is 2.28. The molecular formula is C11H20O2. The zero-order valence-electron chi connectivity index (χ0n) is 9.14. The second-order valence-electron chi connectivity index (χ2n) is 5.05. The maximum absolute atomic E-state index is 11.2. The lowest BCUT2D eigenvalue weighted by atomic mass is 9.67. The van der Waals surface area contributed by atoms with Crippen LogP contribution in [0.5, 0.6) is 0 Å². The lowest BCUT2D eigenvalue weighted by Gasteiger charge is -2.37. The normalized spacial score (nSPS) is 31.7. The summed E-state index contributed by atoms with van der Waals surface area (Å²) in [6, 6.07) is 0. The second-order valence-corrected chi connectivity index (χ2v) is 5.05. The average Bonchev–Trinajstić information content (AvgIpc) is 2.26. The average molecular weight is 184 g/mol. The smallest absolute Gasteiger partial charge is 0.306 e. The molecular weight excluding hydrogens is 164 g/mol. The van der Waals surface area contributed by atoms with E-state index in [1.807, 2.05) is 0 Å². The molecule has 1 aliphatic rings. The largest absolute Gasteiger partial charge is 0.469 e. The Bertz CT molecular complexity index is 208. The number of methoxy groups -OCH3 is 1. The van der Waals surface area contributed by atoms with Gasteiger partial charge in [-0.15, -0.1) is 0 Å². The molecule has 0 saturated heterocycles. The van der Waals surface area contributed by atoms with Crippen molar-refractivity contribution in [1.82, 2.24) is 0 Å². The minimum absolute atomic E-state index is 0.0718. The summed E-state index contributed by atoms with van der Waals surface area (Å²) >= 11 is 0. The Morgan fingerprint density at radius 1 is 1.31 bits per heavy atom. The van der Waals surface area contributed by atoms with Gasteiger partial charge in [-0.25, -0.2) is 0 Å². The fraction of sp³-hybridized carbons (Fsp3) is 0.909. The highest BCUT2D eigenvalue weighted by molar-refractivity contribution is 5.70. The van der Waals surface area contributed by atoms with Gasteiger partial charge in [0.2, 0.25) is 0 Å². The van der Waals surface area contributed by atoms with Gasteiger partial charge in [0, 0.05) is 0 Å². The Hall–Kier alpha value is -0.530. The van der Waals surface area contributed by atoms with Gasteiger partial charge >= 0.3 is 5.97 Å². The van der Waals surface area contributed by atoms with E-state index >= 15 is 0 Å². The molecule has 0 unspecified atom stereocenters. The molecule has 1 atom stereocenters. The van der Waals surface area contributed by atoms with Crippen molar-refractivity contribution >= 4 is 5.97 Å². The highest BCUT2D eigenvalue weighted by atomic mass is 16.5. The Balaban J connectivity index is 2.70. The second kappa shape index (κ2) is 3.32. The quantitative estimate of drug-likeness (QED) is 0.617. The van der Waals surface area contributed by atoms with E-state index in [1.54, 1.807) is 0 Å². The van der Waals surface area contributed by atoms with E-state index in [4.69, 9.17) is 4.74 Å². The van der Waals surface area contributed by atoms with Gasteiger partial charge < -0.3 is 4.74 Å². The summed E-state index contributed by atoms with van der Waals surface area (Å²) in [6.45, 7) is 6.71. The minimum Gasteiger partial charge on any atom is -0.469 e. The van der Waals surface area contributed by atoms with E-state index < -0.39 is 0 Å². The van der Waals surface area contributed by atoms with Crippen LogP contribution in [0.2, 0.25) is 0 Å². The molecule has 0 N–H and O–H groups in total. The van der Waals surface area contributed by atoms with Crippen LogP contribution in [0.25, 0.3) is 0 Å². The molecule has 76 valence electrons. The van der Waals surface area contributed by atoms with Crippen LogP contribution in [0.15, 0.2) is 0 Å². The topological polar surface area (TPSA) is 26.3 Å². The summed E-state index contributed by atoms with van der Waals surface area (Å²) in [5, 5.41) is 0. The third-order valence-electron chi connectivity index (χ3n) is 3.93. The van der Waals surface area contributed by atoms with E-state index in [0.717, 1.165) is 6.42 Å². The number of rotatable bonds is 2. The SMILES string of the molecule is COC(=O)C[C@]1(C)CCCC1(C)C. The predicted molar refractivity (Wildman–Crippen MR) is 52.4 cm³/mol. The number of esters is 1. The summed E-state index contributed by atoms with van der Waals surface area (Å²) in [5.74, 6) is -0.0718. The van der Waals surface area contributed by atoms with Crippen molar-refractivity contribution in [3.05, 3.63) is 0 Å². The Labute approximate surface area is 80.7 Å². The third kappa shape index (κ3) is 1.87. The fourth-order valence-electron chi connectivity index (χ4n) is 2.28. The maximum atomic E-state index is 11.2. The van der Waals surface area contributed by atoms with Gasteiger partial charge in [0.15, 0.2) is 0 Å². The Morgan fingerprint density at radius 3 is 2.31 bits per heavy atom. The van der Waals surface area contributed by atoms with Crippen molar-refractivity contribution in [3.63, 3.8) is 0 Å². The van der Waals surface area contributed by atoms with E-state index in [0.29, 0.717) is 6.42 Å². The van der Waals surface area contributed by atoms with E-state index in [2.05, 4.69) is 20.8 Å². The number of hydrogen-bond donors (Lipinski definition) is 0. The molecule has 1 rings (SSSR count). The molecule has 1 saturated carbocycles. The highest BCUT2D eigenvalue weighted by Gasteiger charge is 2.46. The van der Waals surface area contributed by atoms with Crippen molar-refractivity contribution in [2.45, 2.75) is 46.5 Å². The lowest BCUT2D eigenvalue weighted by molar-refractivity contribution is -0.144. The molecule has 0 aromatic rings. The molecule has 0 aromatic heterocycles. The predicted octanol–water partition coefficient (Wildman–Crippen LogP) is 2.77. The van der Waals surface area contributed by atoms with Crippen molar-refractivity contribution < 1.29 is 9.53 Å².